The molecule has 1 saturated heterocycles. The summed E-state index contributed by atoms with van der Waals surface area (Å²) in [6, 6.07) is 17.5. The van der Waals surface area contributed by atoms with Gasteiger partial charge in [0, 0.05) is 19.6 Å². The molecule has 3 rings (SSSR count). The van der Waals surface area contributed by atoms with Crippen LogP contribution in [0.25, 0.3) is 0 Å². The van der Waals surface area contributed by atoms with Crippen LogP contribution in [0.2, 0.25) is 0 Å². The first-order chi connectivity index (χ1) is 12.6. The minimum Gasteiger partial charge on any atom is -0.497 e. The summed E-state index contributed by atoms with van der Waals surface area (Å²) in [7, 11) is 3.72. The summed E-state index contributed by atoms with van der Waals surface area (Å²) in [5.41, 5.74) is 1.16. The highest BCUT2D eigenvalue weighted by Crippen LogP contribution is 2.26. The average Bonchev–Trinajstić information content (AvgIpc) is 2.68. The van der Waals surface area contributed by atoms with Crippen LogP contribution in [0.3, 0.4) is 0 Å². The maximum absolute atomic E-state index is 13.1. The lowest BCUT2D eigenvalue weighted by atomic mass is 10.0. The Morgan fingerprint density at radius 1 is 1.04 bits per heavy atom. The molecule has 1 aliphatic rings. The minimum absolute atomic E-state index is 0.0165. The molecule has 1 fully saturated rings. The van der Waals surface area contributed by atoms with Crippen LogP contribution in [0, 0.1) is 0 Å². The molecule has 26 heavy (non-hydrogen) atoms. The summed E-state index contributed by atoms with van der Waals surface area (Å²) in [4.78, 5) is 17.3. The van der Waals surface area contributed by atoms with Gasteiger partial charge in [-0.05, 0) is 43.8 Å². The number of methoxy groups -OCH3 is 1. The molecule has 2 aromatic carbocycles. The van der Waals surface area contributed by atoms with Gasteiger partial charge in [0.25, 0.3) is 5.91 Å². The van der Waals surface area contributed by atoms with Crippen molar-refractivity contribution in [1.29, 1.82) is 0 Å². The summed E-state index contributed by atoms with van der Waals surface area (Å²) in [6.07, 6.45) is -0.544. The van der Waals surface area contributed by atoms with Gasteiger partial charge in [0.1, 0.15) is 11.5 Å². The second-order valence-corrected chi connectivity index (χ2v) is 6.66. The summed E-state index contributed by atoms with van der Waals surface area (Å²) >= 11 is 0. The number of ether oxygens (including phenoxy) is 2. The number of rotatable bonds is 5. The zero-order valence-electron chi connectivity index (χ0n) is 15.6. The number of benzene rings is 2. The van der Waals surface area contributed by atoms with Gasteiger partial charge in [0.05, 0.1) is 13.2 Å². The van der Waals surface area contributed by atoms with E-state index in [0.717, 1.165) is 24.4 Å². The molecular formula is C21H26N2O3. The van der Waals surface area contributed by atoms with Crippen LogP contribution in [-0.4, -0.2) is 55.6 Å². The molecule has 0 spiro atoms. The van der Waals surface area contributed by atoms with E-state index >= 15 is 0 Å². The van der Waals surface area contributed by atoms with Crippen LogP contribution >= 0.6 is 0 Å². The highest BCUT2D eigenvalue weighted by atomic mass is 16.5. The van der Waals surface area contributed by atoms with Crippen LogP contribution in [0.4, 0.5) is 0 Å². The van der Waals surface area contributed by atoms with Crippen LogP contribution in [0.5, 0.6) is 11.5 Å². The Kier molecular flexibility index (Phi) is 5.78. The van der Waals surface area contributed by atoms with Gasteiger partial charge in [0.15, 0.2) is 6.10 Å². The van der Waals surface area contributed by atoms with Gasteiger partial charge in [-0.3, -0.25) is 4.79 Å². The topological polar surface area (TPSA) is 42.0 Å². The Morgan fingerprint density at radius 3 is 2.35 bits per heavy atom. The van der Waals surface area contributed by atoms with Crippen LogP contribution in [-0.2, 0) is 4.79 Å². The number of carbonyl (C=O) groups excluding carboxylic acids is 1. The second kappa shape index (κ2) is 8.23. The van der Waals surface area contributed by atoms with Crippen LogP contribution < -0.4 is 9.47 Å². The molecule has 0 bridgehead atoms. The normalized spacial score (nSPS) is 19.0. The minimum atomic E-state index is -0.544. The molecule has 0 unspecified atom stereocenters. The third kappa shape index (κ3) is 4.17. The van der Waals surface area contributed by atoms with Crippen molar-refractivity contribution in [2.24, 2.45) is 0 Å². The first-order valence-corrected chi connectivity index (χ1v) is 8.93. The van der Waals surface area contributed by atoms with E-state index in [9.17, 15) is 4.79 Å². The van der Waals surface area contributed by atoms with E-state index in [1.165, 1.54) is 0 Å². The van der Waals surface area contributed by atoms with Gasteiger partial charge in [-0.25, -0.2) is 0 Å². The molecule has 1 aliphatic heterocycles. The molecule has 138 valence electrons. The lowest BCUT2D eigenvalue weighted by Gasteiger charge is -2.41. The maximum Gasteiger partial charge on any atom is 0.263 e. The Morgan fingerprint density at radius 2 is 1.69 bits per heavy atom. The van der Waals surface area contributed by atoms with Crippen molar-refractivity contribution in [3.8, 4) is 11.5 Å². The third-order valence-corrected chi connectivity index (χ3v) is 4.77. The molecule has 1 amide bonds. The Bertz CT molecular complexity index is 718. The highest BCUT2D eigenvalue weighted by molar-refractivity contribution is 5.81. The van der Waals surface area contributed by atoms with Crippen molar-refractivity contribution in [3.05, 3.63) is 60.2 Å². The van der Waals surface area contributed by atoms with Gasteiger partial charge in [0.2, 0.25) is 0 Å². The fourth-order valence-corrected chi connectivity index (χ4v) is 3.29. The summed E-state index contributed by atoms with van der Waals surface area (Å²) in [5.74, 6) is 1.44. The van der Waals surface area contributed by atoms with Gasteiger partial charge in [-0.15, -0.1) is 0 Å². The zero-order chi connectivity index (χ0) is 18.5. The second-order valence-electron chi connectivity index (χ2n) is 6.66. The zero-order valence-corrected chi connectivity index (χ0v) is 15.6. The quantitative estimate of drug-likeness (QED) is 0.828. The van der Waals surface area contributed by atoms with Crippen molar-refractivity contribution >= 4 is 5.91 Å². The first-order valence-electron chi connectivity index (χ1n) is 8.93. The number of piperazine rings is 1. The number of likely N-dealkylation sites (N-methyl/N-ethyl adjacent to an activating group) is 1. The highest BCUT2D eigenvalue weighted by Gasteiger charge is 2.33. The van der Waals surface area contributed by atoms with Crippen molar-refractivity contribution < 1.29 is 14.3 Å². The smallest absolute Gasteiger partial charge is 0.263 e. The fourth-order valence-electron chi connectivity index (χ4n) is 3.29. The lowest BCUT2D eigenvalue weighted by molar-refractivity contribution is -0.143. The number of hydrogen-bond donors (Lipinski definition) is 0. The number of amides is 1. The van der Waals surface area contributed by atoms with Crippen molar-refractivity contribution in [2.45, 2.75) is 19.1 Å². The van der Waals surface area contributed by atoms with E-state index in [1.54, 1.807) is 7.11 Å². The largest absolute Gasteiger partial charge is 0.497 e. The average molecular weight is 354 g/mol. The van der Waals surface area contributed by atoms with Crippen molar-refractivity contribution in [1.82, 2.24) is 9.80 Å². The molecule has 1 heterocycles. The number of hydrogen-bond acceptors (Lipinski definition) is 4. The standard InChI is InChI=1S/C21H26N2O3/c1-16(26-19-11-9-18(25-3)10-12-19)21(24)23-14-13-22(2)15-20(23)17-7-5-4-6-8-17/h4-12,16,20H,13-15H2,1-3H3/t16-,20+/m0/s1. The predicted molar refractivity (Wildman–Crippen MR) is 101 cm³/mol. The number of nitrogens with zero attached hydrogens (tertiary/aromatic N) is 2. The molecule has 5 heteroatoms. The predicted octanol–water partition coefficient (Wildman–Crippen LogP) is 2.98. The molecule has 5 nitrogen and oxygen atoms in total. The van der Waals surface area contributed by atoms with Crippen molar-refractivity contribution in [2.75, 3.05) is 33.8 Å². The molecule has 0 aliphatic carbocycles. The Balaban J connectivity index is 1.73. The monoisotopic (exact) mass is 354 g/mol. The van der Waals surface area contributed by atoms with E-state index in [1.807, 2.05) is 54.3 Å². The van der Waals surface area contributed by atoms with E-state index < -0.39 is 6.10 Å². The summed E-state index contributed by atoms with van der Waals surface area (Å²) in [6.45, 7) is 4.20. The molecule has 0 radical (unpaired) electrons. The Labute approximate surface area is 155 Å². The van der Waals surface area contributed by atoms with Gasteiger partial charge in [-0.2, -0.15) is 0 Å². The van der Waals surface area contributed by atoms with E-state index in [-0.39, 0.29) is 11.9 Å². The molecule has 0 aromatic heterocycles. The molecule has 2 atom stereocenters. The van der Waals surface area contributed by atoms with Crippen LogP contribution in [0.1, 0.15) is 18.5 Å². The van der Waals surface area contributed by atoms with E-state index in [2.05, 4.69) is 24.1 Å². The molecule has 2 aromatic rings. The van der Waals surface area contributed by atoms with Gasteiger partial charge in [-0.1, -0.05) is 30.3 Å². The summed E-state index contributed by atoms with van der Waals surface area (Å²) in [5, 5.41) is 0. The molecule has 0 N–H and O–H groups in total. The molecule has 0 saturated carbocycles. The summed E-state index contributed by atoms with van der Waals surface area (Å²) < 4.78 is 11.0. The van der Waals surface area contributed by atoms with Gasteiger partial charge >= 0.3 is 0 Å². The fraction of sp³-hybridized carbons (Fsp3) is 0.381. The molecular weight excluding hydrogens is 328 g/mol. The third-order valence-electron chi connectivity index (χ3n) is 4.77. The first kappa shape index (κ1) is 18.3. The maximum atomic E-state index is 13.1. The van der Waals surface area contributed by atoms with Crippen molar-refractivity contribution in [3.63, 3.8) is 0 Å². The number of carbonyl (C=O) groups is 1. The van der Waals surface area contributed by atoms with Crippen LogP contribution in [0.15, 0.2) is 54.6 Å². The SMILES string of the molecule is COc1ccc(O[C@@H](C)C(=O)N2CCN(C)C[C@@H]2c2ccccc2)cc1. The van der Waals surface area contributed by atoms with E-state index in [0.29, 0.717) is 12.3 Å². The Hall–Kier alpha value is -2.53. The lowest BCUT2D eigenvalue weighted by Crippen LogP contribution is -2.52. The van der Waals surface area contributed by atoms with E-state index in [4.69, 9.17) is 9.47 Å². The van der Waals surface area contributed by atoms with Gasteiger partial charge < -0.3 is 19.3 Å².